The van der Waals surface area contributed by atoms with Crippen LogP contribution in [-0.4, -0.2) is 38.4 Å². The molecule has 0 spiro atoms. The predicted octanol–water partition coefficient (Wildman–Crippen LogP) is 2.91. The molecule has 3 rings (SSSR count). The lowest BCUT2D eigenvalue weighted by molar-refractivity contribution is -0.144. The van der Waals surface area contributed by atoms with Crippen LogP contribution >= 0.6 is 0 Å². The Bertz CT molecular complexity index is 996. The first kappa shape index (κ1) is 23.4. The highest BCUT2D eigenvalue weighted by Crippen LogP contribution is 2.33. The van der Waals surface area contributed by atoms with Gasteiger partial charge < -0.3 is 15.2 Å². The van der Waals surface area contributed by atoms with E-state index in [1.54, 1.807) is 6.92 Å². The first-order valence-electron chi connectivity index (χ1n) is 9.84. The quantitative estimate of drug-likeness (QED) is 0.490. The number of hydrogen-bond acceptors (Lipinski definition) is 6. The lowest BCUT2D eigenvalue weighted by atomic mass is 9.86. The topological polar surface area (TPSA) is 89.3 Å². The summed E-state index contributed by atoms with van der Waals surface area (Å²) in [4.78, 5) is 16.0. The fourth-order valence-corrected chi connectivity index (χ4v) is 3.18. The second-order valence-electron chi connectivity index (χ2n) is 7.34. The molecular formula is C22H23F3N4O3. The molecule has 0 aliphatic rings. The molecular weight excluding hydrogens is 425 g/mol. The Balaban J connectivity index is 1.70. The van der Waals surface area contributed by atoms with Crippen molar-refractivity contribution in [3.05, 3.63) is 83.9 Å². The number of halogens is 3. The van der Waals surface area contributed by atoms with Gasteiger partial charge in [0, 0.05) is 6.04 Å². The van der Waals surface area contributed by atoms with Gasteiger partial charge in [0.25, 0.3) is 0 Å². The Labute approximate surface area is 182 Å². The van der Waals surface area contributed by atoms with Crippen LogP contribution in [0.25, 0.3) is 0 Å². The van der Waals surface area contributed by atoms with Gasteiger partial charge in [-0.15, -0.1) is 0 Å². The molecule has 0 fully saturated rings. The van der Waals surface area contributed by atoms with Crippen molar-refractivity contribution in [1.82, 2.24) is 20.1 Å². The van der Waals surface area contributed by atoms with E-state index in [4.69, 9.17) is 4.74 Å². The van der Waals surface area contributed by atoms with Crippen LogP contribution in [-0.2, 0) is 34.5 Å². The van der Waals surface area contributed by atoms with E-state index in [0.29, 0.717) is 0 Å². The maximum absolute atomic E-state index is 12.9. The van der Waals surface area contributed by atoms with E-state index in [9.17, 15) is 23.1 Å². The average molecular weight is 448 g/mol. The third-order valence-electron chi connectivity index (χ3n) is 5.09. The number of hydrogen-bond donors (Lipinski definition) is 2. The molecule has 3 aromatic rings. The number of benzene rings is 2. The van der Waals surface area contributed by atoms with Crippen LogP contribution in [0.3, 0.4) is 0 Å². The lowest BCUT2D eigenvalue weighted by Gasteiger charge is -2.35. The zero-order valence-corrected chi connectivity index (χ0v) is 17.3. The number of esters is 1. The number of aliphatic hydroxyl groups is 1. The molecule has 2 atom stereocenters. The number of ether oxygens (including phenoxy) is 1. The van der Waals surface area contributed by atoms with Gasteiger partial charge in [-0.1, -0.05) is 42.5 Å². The van der Waals surface area contributed by atoms with Gasteiger partial charge in [-0.05, 0) is 30.2 Å². The molecule has 7 nitrogen and oxygen atoms in total. The van der Waals surface area contributed by atoms with Crippen LogP contribution in [0.15, 0.2) is 67.3 Å². The van der Waals surface area contributed by atoms with Crippen LogP contribution in [0.4, 0.5) is 13.2 Å². The molecule has 0 bridgehead atoms. The molecule has 0 saturated heterocycles. The van der Waals surface area contributed by atoms with Crippen molar-refractivity contribution < 1.29 is 27.8 Å². The molecule has 170 valence electrons. The standard InChI is InChI=1S/C22H23F3N4O3/c1-16(27-11-20(30)32-12-17-5-3-2-4-6-17)21(31,13-29-15-26-14-28-29)18-7-9-19(10-8-18)22(23,24)25/h2-10,14-16,27,31H,11-13H2,1H3/t16-,21-/m1/s1. The molecule has 2 N–H and O–H groups in total. The van der Waals surface area contributed by atoms with E-state index in [1.807, 2.05) is 30.3 Å². The summed E-state index contributed by atoms with van der Waals surface area (Å²) in [6.07, 6.45) is -1.82. The first-order valence-corrected chi connectivity index (χ1v) is 9.84. The normalized spacial score (nSPS) is 14.5. The molecule has 1 aromatic heterocycles. The van der Waals surface area contributed by atoms with Gasteiger partial charge >= 0.3 is 12.1 Å². The molecule has 0 aliphatic carbocycles. The number of alkyl halides is 3. The number of aromatic nitrogens is 3. The Morgan fingerprint density at radius 3 is 2.38 bits per heavy atom. The number of carbonyl (C=O) groups excluding carboxylic acids is 1. The molecule has 0 amide bonds. The Kier molecular flexibility index (Phi) is 7.26. The largest absolute Gasteiger partial charge is 0.460 e. The SMILES string of the molecule is C[C@@H](NCC(=O)OCc1ccccc1)[C@](O)(Cn1cncn1)c1ccc(C(F)(F)F)cc1. The van der Waals surface area contributed by atoms with Crippen molar-refractivity contribution in [2.45, 2.75) is 37.9 Å². The summed E-state index contributed by atoms with van der Waals surface area (Å²) in [5, 5.41) is 18.3. The van der Waals surface area contributed by atoms with Crippen molar-refractivity contribution in [3.63, 3.8) is 0 Å². The Hall–Kier alpha value is -3.24. The summed E-state index contributed by atoms with van der Waals surface area (Å²) >= 11 is 0. The van der Waals surface area contributed by atoms with Gasteiger partial charge in [0.05, 0.1) is 18.7 Å². The minimum Gasteiger partial charge on any atom is -0.460 e. The van der Waals surface area contributed by atoms with Gasteiger partial charge in [-0.25, -0.2) is 9.67 Å². The van der Waals surface area contributed by atoms with Crippen LogP contribution in [0.2, 0.25) is 0 Å². The monoisotopic (exact) mass is 448 g/mol. The highest BCUT2D eigenvalue weighted by molar-refractivity contribution is 5.71. The van der Waals surface area contributed by atoms with Crippen molar-refractivity contribution in [1.29, 1.82) is 0 Å². The van der Waals surface area contributed by atoms with Crippen LogP contribution in [0.5, 0.6) is 0 Å². The molecule has 32 heavy (non-hydrogen) atoms. The molecule has 0 radical (unpaired) electrons. The third-order valence-corrected chi connectivity index (χ3v) is 5.09. The van der Waals surface area contributed by atoms with E-state index in [1.165, 1.54) is 29.5 Å². The van der Waals surface area contributed by atoms with Crippen molar-refractivity contribution in [3.8, 4) is 0 Å². The number of nitrogens with one attached hydrogen (secondary N) is 1. The second kappa shape index (κ2) is 9.92. The fraction of sp³-hybridized carbons (Fsp3) is 0.318. The average Bonchev–Trinajstić information content (AvgIpc) is 3.29. The summed E-state index contributed by atoms with van der Waals surface area (Å²) in [6, 6.07) is 12.7. The third kappa shape index (κ3) is 5.92. The lowest BCUT2D eigenvalue weighted by Crippen LogP contribution is -2.51. The second-order valence-corrected chi connectivity index (χ2v) is 7.34. The maximum atomic E-state index is 12.9. The van der Waals surface area contributed by atoms with E-state index in [-0.39, 0.29) is 25.3 Å². The minimum absolute atomic E-state index is 0.0917. The maximum Gasteiger partial charge on any atom is 0.416 e. The Morgan fingerprint density at radius 2 is 1.78 bits per heavy atom. The minimum atomic E-state index is -4.49. The molecule has 1 heterocycles. The fourth-order valence-electron chi connectivity index (χ4n) is 3.18. The summed E-state index contributed by atoms with van der Waals surface area (Å²) < 4.78 is 45.4. The van der Waals surface area contributed by atoms with E-state index in [2.05, 4.69) is 15.4 Å². The highest BCUT2D eigenvalue weighted by Gasteiger charge is 2.38. The first-order chi connectivity index (χ1) is 15.2. The number of nitrogens with zero attached hydrogens (tertiary/aromatic N) is 3. The van der Waals surface area contributed by atoms with Crippen molar-refractivity contribution in [2.75, 3.05) is 6.54 Å². The van der Waals surface area contributed by atoms with Crippen molar-refractivity contribution in [2.24, 2.45) is 0 Å². The molecule has 10 heteroatoms. The van der Waals surface area contributed by atoms with Crippen LogP contribution in [0.1, 0.15) is 23.6 Å². The smallest absolute Gasteiger partial charge is 0.416 e. The number of carbonyl (C=O) groups is 1. The molecule has 2 aromatic carbocycles. The van der Waals surface area contributed by atoms with Gasteiger partial charge in [-0.2, -0.15) is 18.3 Å². The van der Waals surface area contributed by atoms with Crippen LogP contribution in [0, 0.1) is 0 Å². The molecule has 0 aliphatic heterocycles. The molecule has 0 saturated carbocycles. The van der Waals surface area contributed by atoms with Gasteiger partial charge in [0.15, 0.2) is 0 Å². The summed E-state index contributed by atoms with van der Waals surface area (Å²) in [5.41, 5.74) is -1.44. The van der Waals surface area contributed by atoms with Crippen LogP contribution < -0.4 is 5.32 Å². The zero-order valence-electron chi connectivity index (χ0n) is 17.3. The summed E-state index contributed by atoms with van der Waals surface area (Å²) in [7, 11) is 0. The zero-order chi connectivity index (χ0) is 23.2. The van der Waals surface area contributed by atoms with Gasteiger partial charge in [-0.3, -0.25) is 4.79 Å². The summed E-state index contributed by atoms with van der Waals surface area (Å²) in [5.74, 6) is -0.531. The predicted molar refractivity (Wildman–Crippen MR) is 109 cm³/mol. The molecule has 0 unspecified atom stereocenters. The van der Waals surface area contributed by atoms with E-state index < -0.39 is 29.4 Å². The van der Waals surface area contributed by atoms with E-state index >= 15 is 0 Å². The van der Waals surface area contributed by atoms with E-state index in [0.717, 1.165) is 17.7 Å². The Morgan fingerprint density at radius 1 is 1.12 bits per heavy atom. The highest BCUT2D eigenvalue weighted by atomic mass is 19.4. The van der Waals surface area contributed by atoms with Gasteiger partial charge in [0.2, 0.25) is 0 Å². The van der Waals surface area contributed by atoms with Gasteiger partial charge in [0.1, 0.15) is 24.9 Å². The van der Waals surface area contributed by atoms with Crippen molar-refractivity contribution >= 4 is 5.97 Å². The summed E-state index contributed by atoms with van der Waals surface area (Å²) in [6.45, 7) is 1.44. The number of rotatable bonds is 9.